The molecule has 4 aromatic rings. The van der Waals surface area contributed by atoms with Gasteiger partial charge in [0.1, 0.15) is 24.4 Å². The number of nitrogens with one attached hydrogen (secondary N) is 1. The van der Waals surface area contributed by atoms with Crippen LogP contribution in [0.1, 0.15) is 94.5 Å². The van der Waals surface area contributed by atoms with E-state index < -0.39 is 24.1 Å². The van der Waals surface area contributed by atoms with Crippen LogP contribution in [0.3, 0.4) is 0 Å². The smallest absolute Gasteiger partial charge is 0.303 e. The molecule has 24 heteroatoms. The first-order chi connectivity index (χ1) is 34.7. The number of phenolic OH excluding ortho intramolecular Hbond substituents is 1. The van der Waals surface area contributed by atoms with Crippen molar-refractivity contribution in [1.82, 2.24) is 54.7 Å². The third-order valence-electron chi connectivity index (χ3n) is 12.7. The molecule has 5 atom stereocenters. The van der Waals surface area contributed by atoms with Gasteiger partial charge in [-0.3, -0.25) is 14.4 Å². The summed E-state index contributed by atoms with van der Waals surface area (Å²) in [5.41, 5.74) is 15.0. The van der Waals surface area contributed by atoms with Crippen LogP contribution in [0.15, 0.2) is 36.7 Å². The summed E-state index contributed by atoms with van der Waals surface area (Å²) < 4.78 is 19.6. The summed E-state index contributed by atoms with van der Waals surface area (Å²) >= 11 is 0. The van der Waals surface area contributed by atoms with E-state index >= 15 is 0 Å². The number of carbonyl (C=O) groups excluding carboxylic acids is 2. The van der Waals surface area contributed by atoms with Crippen LogP contribution in [0.5, 0.6) is 5.75 Å². The van der Waals surface area contributed by atoms with Crippen molar-refractivity contribution in [3.63, 3.8) is 0 Å². The number of aliphatic carboxylic acids is 1. The average molecular weight is 1000 g/mol. The van der Waals surface area contributed by atoms with E-state index in [1.165, 1.54) is 4.68 Å². The fraction of sp³-hybridized carbons (Fsp3) is 0.625. The molecule has 0 radical (unpaired) electrons. The molecular weight excluding hydrogens is 929 g/mol. The number of carboxylic acid groups (broad SMARTS) is 1. The van der Waals surface area contributed by atoms with Gasteiger partial charge in [0.05, 0.1) is 68.9 Å². The minimum absolute atomic E-state index is 0.0392. The van der Waals surface area contributed by atoms with Crippen molar-refractivity contribution in [2.45, 2.75) is 84.0 Å². The number of amides is 2. The quantitative estimate of drug-likeness (QED) is 0.0401. The Morgan fingerprint density at radius 3 is 1.90 bits per heavy atom. The lowest BCUT2D eigenvalue weighted by Gasteiger charge is -2.38. The van der Waals surface area contributed by atoms with Crippen molar-refractivity contribution in [3.05, 3.63) is 53.6 Å². The number of nitrogens with two attached hydrogens (primary N) is 2. The number of phenols is 1. The van der Waals surface area contributed by atoms with E-state index in [1.54, 1.807) is 34.1 Å². The number of hydrogen-bond acceptors (Lipinski definition) is 19. The number of benzene rings is 1. The molecule has 0 bridgehead atoms. The van der Waals surface area contributed by atoms with Crippen LogP contribution in [-0.2, 0) is 35.0 Å². The maximum Gasteiger partial charge on any atom is 0.303 e. The van der Waals surface area contributed by atoms with E-state index in [0.29, 0.717) is 140 Å². The number of piperazine rings is 2. The molecule has 0 aliphatic carbocycles. The fourth-order valence-corrected chi connectivity index (χ4v) is 8.47. The average Bonchev–Trinajstić information content (AvgIpc) is 4.08. The highest BCUT2D eigenvalue weighted by Crippen LogP contribution is 2.28. The first kappa shape index (κ1) is 54.8. The van der Waals surface area contributed by atoms with Crippen molar-refractivity contribution >= 4 is 35.6 Å². The molecule has 24 nitrogen and oxygen atoms in total. The molecule has 0 spiro atoms. The summed E-state index contributed by atoms with van der Waals surface area (Å²) in [5, 5.41) is 39.8. The van der Waals surface area contributed by atoms with E-state index in [4.69, 9.17) is 47.1 Å². The van der Waals surface area contributed by atoms with Gasteiger partial charge in [-0.15, -0.1) is 16.6 Å². The van der Waals surface area contributed by atoms with Crippen LogP contribution in [0.2, 0.25) is 0 Å². The molecule has 2 fully saturated rings. The highest BCUT2D eigenvalue weighted by molar-refractivity contribution is 5.82. The minimum Gasteiger partial charge on any atom is -0.508 e. The van der Waals surface area contributed by atoms with Gasteiger partial charge in [0.2, 0.25) is 29.7 Å². The topological polar surface area (TPSA) is 296 Å². The van der Waals surface area contributed by atoms with Crippen molar-refractivity contribution in [2.24, 2.45) is 23.3 Å². The minimum atomic E-state index is -1.02. The SMILES string of the molecule is C#CCOCCOCCOCCNc1nc(N2CCN(C(=O)C([C@@H](C)CC)n3cc(C(N)Cc4ccc(O)cc4)nn3)CC2)nc(N2CCN(C(=O)[C@H](CCC(=O)O)n3cc(C(N)CC(C)C)nn3)CC2)n1. The Bertz CT molecular complexity index is 2360. The number of terminal acetylenes is 1. The van der Waals surface area contributed by atoms with E-state index in [-0.39, 0.29) is 49.0 Å². The Labute approximate surface area is 420 Å². The highest BCUT2D eigenvalue weighted by atomic mass is 16.5. The van der Waals surface area contributed by atoms with E-state index in [1.807, 2.05) is 40.7 Å². The summed E-state index contributed by atoms with van der Waals surface area (Å²) in [6.45, 7) is 13.9. The van der Waals surface area contributed by atoms with Crippen molar-refractivity contribution in [2.75, 3.05) is 114 Å². The fourth-order valence-electron chi connectivity index (χ4n) is 8.47. The lowest BCUT2D eigenvalue weighted by molar-refractivity contribution is -0.139. The van der Waals surface area contributed by atoms with Crippen LogP contribution in [0, 0.1) is 24.2 Å². The second kappa shape index (κ2) is 27.3. The van der Waals surface area contributed by atoms with Gasteiger partial charge in [0, 0.05) is 65.3 Å². The Balaban J connectivity index is 1.12. The number of aromatic nitrogens is 9. The first-order valence-corrected chi connectivity index (χ1v) is 24.8. The number of carbonyl (C=O) groups is 3. The molecule has 5 heterocycles. The van der Waals surface area contributed by atoms with Gasteiger partial charge < -0.3 is 60.8 Å². The van der Waals surface area contributed by atoms with Crippen molar-refractivity contribution in [1.29, 1.82) is 0 Å². The zero-order chi connectivity index (χ0) is 51.6. The normalized spacial score (nSPS) is 16.3. The van der Waals surface area contributed by atoms with Crippen LogP contribution in [-0.4, -0.2) is 181 Å². The lowest BCUT2D eigenvalue weighted by Crippen LogP contribution is -2.52. The third-order valence-corrected chi connectivity index (χ3v) is 12.7. The van der Waals surface area contributed by atoms with Gasteiger partial charge in [0.25, 0.3) is 0 Å². The summed E-state index contributed by atoms with van der Waals surface area (Å²) in [5.74, 6) is 2.72. The standard InChI is InChI=1S/C48H72N16O8/c1-6-23-70-25-27-72-28-26-71-24-14-51-46-52-47(61-19-15-59(16-20-61)44(68)41(12-13-42(66)67)63-31-39(55-57-63)37(49)29-33(3)4)54-48(53-46)62-21-17-60(18-22-62)45(69)43(34(5)7-2)64-32-40(56-58-64)38(50)30-35-8-10-36(65)11-9-35/h1,8-11,31-34,37-38,41,43,65H,7,12-30,49-50H2,2-5H3,(H,66,67)(H,51,52,53,54)/t34-,37?,38?,41-,43?/m0/s1. The first-order valence-electron chi connectivity index (χ1n) is 24.8. The second-order valence-corrected chi connectivity index (χ2v) is 18.5. The van der Waals surface area contributed by atoms with E-state index in [2.05, 4.69) is 45.7 Å². The summed E-state index contributed by atoms with van der Waals surface area (Å²) in [4.78, 5) is 62.3. The number of aromatic hydroxyl groups is 1. The van der Waals surface area contributed by atoms with E-state index in [9.17, 15) is 24.6 Å². The second-order valence-electron chi connectivity index (χ2n) is 18.5. The van der Waals surface area contributed by atoms with Gasteiger partial charge in [0.15, 0.2) is 0 Å². The molecule has 1 aromatic carbocycles. The molecule has 2 aliphatic heterocycles. The highest BCUT2D eigenvalue weighted by Gasteiger charge is 2.35. The molecule has 0 saturated carbocycles. The molecule has 392 valence electrons. The third kappa shape index (κ3) is 15.7. The lowest BCUT2D eigenvalue weighted by atomic mass is 9.97. The predicted octanol–water partition coefficient (Wildman–Crippen LogP) is 1.83. The van der Waals surface area contributed by atoms with Gasteiger partial charge >= 0.3 is 5.97 Å². The number of anilines is 3. The Kier molecular flexibility index (Phi) is 20.8. The van der Waals surface area contributed by atoms with Gasteiger partial charge in [-0.1, -0.05) is 62.6 Å². The van der Waals surface area contributed by atoms with Crippen molar-refractivity contribution < 1.29 is 38.8 Å². The number of hydrogen-bond donors (Lipinski definition) is 5. The number of carboxylic acids is 1. The van der Waals surface area contributed by atoms with Gasteiger partial charge in [-0.25, -0.2) is 9.36 Å². The summed E-state index contributed by atoms with van der Waals surface area (Å²) in [6, 6.07) is 4.57. The summed E-state index contributed by atoms with van der Waals surface area (Å²) in [7, 11) is 0. The zero-order valence-corrected chi connectivity index (χ0v) is 42.0. The summed E-state index contributed by atoms with van der Waals surface area (Å²) in [6.07, 6.45) is 10.3. The molecular formula is C48H72N16O8. The van der Waals surface area contributed by atoms with Gasteiger partial charge in [-0.05, 0) is 48.8 Å². The Hall–Kier alpha value is -6.52. The molecule has 2 saturated heterocycles. The van der Waals surface area contributed by atoms with Crippen LogP contribution >= 0.6 is 0 Å². The van der Waals surface area contributed by atoms with E-state index in [0.717, 1.165) is 12.0 Å². The Morgan fingerprint density at radius 2 is 1.32 bits per heavy atom. The monoisotopic (exact) mass is 1000 g/mol. The zero-order valence-electron chi connectivity index (χ0n) is 42.0. The maximum absolute atomic E-state index is 14.4. The molecule has 2 aliphatic rings. The molecule has 72 heavy (non-hydrogen) atoms. The van der Waals surface area contributed by atoms with Crippen LogP contribution in [0.4, 0.5) is 17.8 Å². The predicted molar refractivity (Wildman–Crippen MR) is 267 cm³/mol. The largest absolute Gasteiger partial charge is 0.508 e. The van der Waals surface area contributed by atoms with Gasteiger partial charge in [-0.2, -0.15) is 15.0 Å². The molecule has 6 rings (SSSR count). The maximum atomic E-state index is 14.4. The number of nitrogens with zero attached hydrogens (tertiary/aromatic N) is 13. The Morgan fingerprint density at radius 1 is 0.764 bits per heavy atom. The number of rotatable bonds is 28. The van der Waals surface area contributed by atoms with Crippen LogP contribution in [0.25, 0.3) is 0 Å². The molecule has 2 amide bonds. The molecule has 3 unspecified atom stereocenters. The molecule has 7 N–H and O–H groups in total. The van der Waals surface area contributed by atoms with Crippen molar-refractivity contribution in [3.8, 4) is 18.1 Å². The number of ether oxygens (including phenoxy) is 3. The molecule has 3 aromatic heterocycles. The van der Waals surface area contributed by atoms with Crippen LogP contribution < -0.4 is 26.6 Å².